The first kappa shape index (κ1) is 22.5. The first-order chi connectivity index (χ1) is 14.7. The fourth-order valence-corrected chi connectivity index (χ4v) is 4.66. The van der Waals surface area contributed by atoms with Gasteiger partial charge in [-0.1, -0.05) is 118 Å². The number of hydrogen-bond acceptors (Lipinski definition) is 3. The van der Waals surface area contributed by atoms with Gasteiger partial charge in [-0.25, -0.2) is 0 Å². The number of rotatable bonds is 11. The molecule has 0 unspecified atom stereocenters. The molecule has 0 saturated heterocycles. The van der Waals surface area contributed by atoms with E-state index in [1.165, 1.54) is 36.8 Å². The highest BCUT2D eigenvalue weighted by atomic mass is 31.2. The molecule has 3 rings (SSSR count). The van der Waals surface area contributed by atoms with E-state index in [1.807, 2.05) is 30.3 Å². The van der Waals surface area contributed by atoms with Gasteiger partial charge in [0.1, 0.15) is 5.75 Å². The lowest BCUT2D eigenvalue weighted by molar-refractivity contribution is 0.369. The topological polar surface area (TPSA) is 49.7 Å². The van der Waals surface area contributed by atoms with E-state index in [4.69, 9.17) is 4.52 Å². The Hall–Kier alpha value is -2.19. The second-order valence-electron chi connectivity index (χ2n) is 7.64. The Balaban J connectivity index is 2.16. The van der Waals surface area contributed by atoms with Gasteiger partial charge in [-0.05, 0) is 23.6 Å². The SMILES string of the molecule is CCCCCCCC(c1ccccc1)(c1ccccc1)c1ccccc1OP(O)O. The second kappa shape index (κ2) is 11.3. The Labute approximate surface area is 181 Å². The lowest BCUT2D eigenvalue weighted by Crippen LogP contribution is -2.30. The molecule has 0 radical (unpaired) electrons. The molecule has 0 saturated carbocycles. The van der Waals surface area contributed by atoms with E-state index in [2.05, 4.69) is 61.5 Å². The molecule has 0 aliphatic carbocycles. The Morgan fingerprint density at radius 2 is 1.23 bits per heavy atom. The third-order valence-corrected chi connectivity index (χ3v) is 6.08. The van der Waals surface area contributed by atoms with Crippen LogP contribution in [-0.4, -0.2) is 9.79 Å². The van der Waals surface area contributed by atoms with Crippen molar-refractivity contribution in [3.63, 3.8) is 0 Å². The maximum absolute atomic E-state index is 9.61. The lowest BCUT2D eigenvalue weighted by Gasteiger charge is -2.37. The Kier molecular flexibility index (Phi) is 8.45. The van der Waals surface area contributed by atoms with Crippen LogP contribution >= 0.6 is 8.60 Å². The zero-order chi connectivity index (χ0) is 21.2. The molecule has 158 valence electrons. The molecule has 0 bridgehead atoms. The van der Waals surface area contributed by atoms with Gasteiger partial charge in [-0.2, -0.15) is 0 Å². The quantitative estimate of drug-likeness (QED) is 0.199. The summed E-state index contributed by atoms with van der Waals surface area (Å²) in [5.41, 5.74) is 2.90. The molecule has 3 nitrogen and oxygen atoms in total. The minimum absolute atomic E-state index is 0.434. The van der Waals surface area contributed by atoms with Gasteiger partial charge in [0.25, 0.3) is 0 Å². The van der Waals surface area contributed by atoms with E-state index >= 15 is 0 Å². The van der Waals surface area contributed by atoms with Gasteiger partial charge in [0.15, 0.2) is 0 Å². The van der Waals surface area contributed by atoms with Crippen LogP contribution in [0.3, 0.4) is 0 Å². The van der Waals surface area contributed by atoms with Gasteiger partial charge in [0, 0.05) is 11.0 Å². The summed E-state index contributed by atoms with van der Waals surface area (Å²) in [7, 11) is -2.50. The minimum Gasteiger partial charge on any atom is -0.427 e. The van der Waals surface area contributed by atoms with Crippen LogP contribution in [0.5, 0.6) is 5.75 Å². The van der Waals surface area contributed by atoms with Crippen molar-refractivity contribution in [1.29, 1.82) is 0 Å². The van der Waals surface area contributed by atoms with Crippen molar-refractivity contribution in [2.24, 2.45) is 0 Å². The highest BCUT2D eigenvalue weighted by molar-refractivity contribution is 7.39. The third kappa shape index (κ3) is 5.29. The molecule has 0 amide bonds. The van der Waals surface area contributed by atoms with E-state index in [-0.39, 0.29) is 0 Å². The van der Waals surface area contributed by atoms with Crippen molar-refractivity contribution in [3.05, 3.63) is 102 Å². The number of para-hydroxylation sites is 1. The van der Waals surface area contributed by atoms with Gasteiger partial charge in [-0.15, -0.1) is 0 Å². The molecular weight excluding hydrogens is 391 g/mol. The zero-order valence-electron chi connectivity index (χ0n) is 17.6. The zero-order valence-corrected chi connectivity index (χ0v) is 18.5. The van der Waals surface area contributed by atoms with Crippen molar-refractivity contribution >= 4 is 8.60 Å². The van der Waals surface area contributed by atoms with Crippen molar-refractivity contribution in [2.75, 3.05) is 0 Å². The minimum atomic E-state index is -2.50. The van der Waals surface area contributed by atoms with E-state index in [1.54, 1.807) is 0 Å². The molecule has 0 aromatic heterocycles. The summed E-state index contributed by atoms with van der Waals surface area (Å²) >= 11 is 0. The number of hydrogen-bond donors (Lipinski definition) is 2. The average Bonchev–Trinajstić information content (AvgIpc) is 2.78. The predicted octanol–water partition coefficient (Wildman–Crippen LogP) is 6.97. The molecule has 3 aromatic rings. The highest BCUT2D eigenvalue weighted by Gasteiger charge is 2.38. The summed E-state index contributed by atoms with van der Waals surface area (Å²) in [6.07, 6.45) is 6.86. The fraction of sp³-hybridized carbons (Fsp3) is 0.308. The highest BCUT2D eigenvalue weighted by Crippen LogP contribution is 2.48. The summed E-state index contributed by atoms with van der Waals surface area (Å²) in [5.74, 6) is 0.523. The van der Waals surface area contributed by atoms with Crippen LogP contribution in [0.4, 0.5) is 0 Å². The second-order valence-corrected chi connectivity index (χ2v) is 8.33. The number of benzene rings is 3. The van der Waals surface area contributed by atoms with Crippen LogP contribution in [0.15, 0.2) is 84.9 Å². The normalized spacial score (nSPS) is 11.6. The van der Waals surface area contributed by atoms with Crippen molar-refractivity contribution < 1.29 is 14.3 Å². The molecule has 0 fully saturated rings. The largest absolute Gasteiger partial charge is 0.427 e. The number of unbranched alkanes of at least 4 members (excludes halogenated alkanes) is 4. The van der Waals surface area contributed by atoms with Crippen LogP contribution in [0.25, 0.3) is 0 Å². The first-order valence-electron chi connectivity index (χ1n) is 10.7. The predicted molar refractivity (Wildman–Crippen MR) is 125 cm³/mol. The molecule has 0 heterocycles. The summed E-state index contributed by atoms with van der Waals surface area (Å²) in [5, 5.41) is 0. The maximum Gasteiger partial charge on any atom is 0.391 e. The average molecular weight is 423 g/mol. The Morgan fingerprint density at radius 3 is 1.80 bits per heavy atom. The summed E-state index contributed by atoms with van der Waals surface area (Å²) in [6, 6.07) is 28.7. The van der Waals surface area contributed by atoms with Gasteiger partial charge < -0.3 is 14.3 Å². The molecule has 0 spiro atoms. The third-order valence-electron chi connectivity index (χ3n) is 5.72. The van der Waals surface area contributed by atoms with Crippen LogP contribution in [-0.2, 0) is 5.41 Å². The van der Waals surface area contributed by atoms with E-state index in [0.717, 1.165) is 18.4 Å². The monoisotopic (exact) mass is 422 g/mol. The smallest absolute Gasteiger partial charge is 0.391 e. The van der Waals surface area contributed by atoms with Crippen LogP contribution in [0, 0.1) is 0 Å². The van der Waals surface area contributed by atoms with E-state index in [9.17, 15) is 9.79 Å². The van der Waals surface area contributed by atoms with Crippen LogP contribution < -0.4 is 4.52 Å². The molecule has 0 aliphatic rings. The molecule has 0 aliphatic heterocycles. The van der Waals surface area contributed by atoms with Gasteiger partial charge >= 0.3 is 8.60 Å². The van der Waals surface area contributed by atoms with Crippen LogP contribution in [0.2, 0.25) is 0 Å². The van der Waals surface area contributed by atoms with Crippen molar-refractivity contribution in [2.45, 2.75) is 50.9 Å². The molecule has 30 heavy (non-hydrogen) atoms. The standard InChI is InChI=1S/C26H31O3P/c1-2-3-4-5-14-21-26(22-15-8-6-9-16-22,23-17-10-7-11-18-23)24-19-12-13-20-25(24)29-30(27)28/h6-13,15-20,27-28H,2-5,14,21H2,1H3. The molecule has 4 heteroatoms. The van der Waals surface area contributed by atoms with E-state index < -0.39 is 14.0 Å². The maximum atomic E-state index is 9.61. The summed E-state index contributed by atoms with van der Waals surface area (Å²) in [6.45, 7) is 2.23. The van der Waals surface area contributed by atoms with Crippen molar-refractivity contribution in [1.82, 2.24) is 0 Å². The van der Waals surface area contributed by atoms with E-state index in [0.29, 0.717) is 5.75 Å². The lowest BCUT2D eigenvalue weighted by atomic mass is 9.66. The van der Waals surface area contributed by atoms with Crippen LogP contribution in [0.1, 0.15) is 62.1 Å². The van der Waals surface area contributed by atoms with Gasteiger partial charge in [-0.3, -0.25) is 0 Å². The van der Waals surface area contributed by atoms with Crippen molar-refractivity contribution in [3.8, 4) is 5.75 Å². The molecule has 0 atom stereocenters. The molecule has 2 N–H and O–H groups in total. The summed E-state index contributed by atoms with van der Waals surface area (Å²) < 4.78 is 5.52. The van der Waals surface area contributed by atoms with Gasteiger partial charge in [0.2, 0.25) is 0 Å². The Morgan fingerprint density at radius 1 is 0.700 bits per heavy atom. The molecular formula is C26H31O3P. The van der Waals surface area contributed by atoms with Gasteiger partial charge in [0.05, 0.1) is 0 Å². The fourth-order valence-electron chi connectivity index (χ4n) is 4.33. The Bertz CT molecular complexity index is 842. The summed E-state index contributed by atoms with van der Waals surface area (Å²) in [4.78, 5) is 19.2. The molecule has 3 aromatic carbocycles. The first-order valence-corrected chi connectivity index (χ1v) is 11.9.